The summed E-state index contributed by atoms with van der Waals surface area (Å²) in [6.45, 7) is 0.839. The molecule has 0 aliphatic heterocycles. The lowest BCUT2D eigenvalue weighted by Crippen LogP contribution is -2.44. The Labute approximate surface area is 120 Å². The van der Waals surface area contributed by atoms with Gasteiger partial charge < -0.3 is 4.90 Å². The van der Waals surface area contributed by atoms with E-state index in [4.69, 9.17) is 0 Å². The zero-order valence-corrected chi connectivity index (χ0v) is 12.9. The number of nitrogens with zero attached hydrogens (tertiary/aromatic N) is 1. The van der Waals surface area contributed by atoms with Crippen molar-refractivity contribution in [2.24, 2.45) is 0 Å². The molecule has 0 atom stereocenters. The predicted octanol–water partition coefficient (Wildman–Crippen LogP) is 3.63. The van der Waals surface area contributed by atoms with E-state index in [0.29, 0.717) is 6.04 Å². The first-order chi connectivity index (χ1) is 8.79. The van der Waals surface area contributed by atoms with Crippen molar-refractivity contribution in [1.29, 1.82) is 0 Å². The summed E-state index contributed by atoms with van der Waals surface area (Å²) < 4.78 is 0. The molecule has 2 nitrogen and oxygen atoms in total. The van der Waals surface area contributed by atoms with E-state index in [0.717, 1.165) is 16.8 Å². The molecule has 2 aliphatic carbocycles. The summed E-state index contributed by atoms with van der Waals surface area (Å²) in [6, 6.07) is 2.64. The van der Waals surface area contributed by atoms with E-state index >= 15 is 0 Å². The van der Waals surface area contributed by atoms with Crippen LogP contribution in [0.2, 0.25) is 0 Å². The van der Waals surface area contributed by atoms with Crippen molar-refractivity contribution in [3.05, 3.63) is 21.4 Å². The number of hydrogen-bond donors (Lipinski definition) is 0. The van der Waals surface area contributed by atoms with Crippen LogP contribution in [0.25, 0.3) is 0 Å². The van der Waals surface area contributed by atoms with Gasteiger partial charge in [-0.3, -0.25) is 4.79 Å². The van der Waals surface area contributed by atoms with E-state index in [1.165, 1.54) is 49.0 Å². The Kier molecular flexibility index (Phi) is 3.76. The predicted molar refractivity (Wildman–Crippen MR) is 78.8 cm³/mol. The lowest BCUT2D eigenvalue weighted by Gasteiger charge is -2.37. The molecule has 0 N–H and O–H groups in total. The van der Waals surface area contributed by atoms with Crippen LogP contribution in [0.1, 0.15) is 45.8 Å². The lowest BCUT2D eigenvalue weighted by molar-refractivity contribution is 0.0604. The van der Waals surface area contributed by atoms with Crippen molar-refractivity contribution >= 4 is 33.2 Å². The van der Waals surface area contributed by atoms with Gasteiger partial charge in [-0.1, -0.05) is 15.9 Å². The number of fused-ring (bicyclic) bond motifs is 1. The highest BCUT2D eigenvalue weighted by atomic mass is 79.9. The van der Waals surface area contributed by atoms with Gasteiger partial charge in [0.25, 0.3) is 5.91 Å². The van der Waals surface area contributed by atoms with E-state index in [2.05, 4.69) is 26.9 Å². The van der Waals surface area contributed by atoms with Crippen LogP contribution in [0.5, 0.6) is 0 Å². The Bertz CT molecular complexity index is 431. The minimum atomic E-state index is 0.263. The van der Waals surface area contributed by atoms with Gasteiger partial charge >= 0.3 is 0 Å². The topological polar surface area (TPSA) is 20.3 Å². The van der Waals surface area contributed by atoms with Crippen LogP contribution in [-0.4, -0.2) is 28.7 Å². The number of thiophene rings is 1. The highest BCUT2D eigenvalue weighted by molar-refractivity contribution is 9.09. The minimum absolute atomic E-state index is 0.263. The molecule has 0 bridgehead atoms. The molecule has 4 heteroatoms. The normalized spacial score (nSPS) is 18.5. The first kappa shape index (κ1) is 12.7. The van der Waals surface area contributed by atoms with Gasteiger partial charge in [0.1, 0.15) is 0 Å². The maximum Gasteiger partial charge on any atom is 0.264 e. The Morgan fingerprint density at radius 2 is 2.22 bits per heavy atom. The first-order valence-electron chi connectivity index (χ1n) is 6.78. The second-order valence-electron chi connectivity index (χ2n) is 5.18. The SMILES string of the molecule is O=C(c1cc2c(s1)CCC2)N(CCBr)C1CCC1. The zero-order valence-electron chi connectivity index (χ0n) is 10.5. The third kappa shape index (κ3) is 2.25. The summed E-state index contributed by atoms with van der Waals surface area (Å²) in [4.78, 5) is 17.1. The summed E-state index contributed by atoms with van der Waals surface area (Å²) in [5.74, 6) is 0.263. The molecule has 1 aromatic rings. The van der Waals surface area contributed by atoms with Crippen molar-refractivity contribution < 1.29 is 4.79 Å². The van der Waals surface area contributed by atoms with E-state index in [-0.39, 0.29) is 5.91 Å². The van der Waals surface area contributed by atoms with Gasteiger partial charge in [-0.15, -0.1) is 11.3 Å². The average molecular weight is 328 g/mol. The van der Waals surface area contributed by atoms with Crippen molar-refractivity contribution in [3.63, 3.8) is 0 Å². The Morgan fingerprint density at radius 1 is 1.39 bits per heavy atom. The number of aryl methyl sites for hydroxylation is 2. The second kappa shape index (κ2) is 5.33. The van der Waals surface area contributed by atoms with Crippen LogP contribution >= 0.6 is 27.3 Å². The number of amides is 1. The Hall–Kier alpha value is -0.350. The molecule has 0 unspecified atom stereocenters. The molecular weight excluding hydrogens is 310 g/mol. The van der Waals surface area contributed by atoms with Gasteiger partial charge in [0.2, 0.25) is 0 Å². The van der Waals surface area contributed by atoms with Crippen LogP contribution in [0, 0.1) is 0 Å². The largest absolute Gasteiger partial charge is 0.334 e. The van der Waals surface area contributed by atoms with Crippen LogP contribution < -0.4 is 0 Å². The number of hydrogen-bond acceptors (Lipinski definition) is 2. The Balaban J connectivity index is 1.77. The molecule has 1 heterocycles. The maximum absolute atomic E-state index is 12.6. The highest BCUT2D eigenvalue weighted by Gasteiger charge is 2.30. The van der Waals surface area contributed by atoms with Gasteiger partial charge in [0, 0.05) is 22.8 Å². The van der Waals surface area contributed by atoms with Crippen molar-refractivity contribution in [3.8, 4) is 0 Å². The van der Waals surface area contributed by atoms with Crippen LogP contribution in [-0.2, 0) is 12.8 Å². The molecule has 2 aliphatic rings. The third-order valence-electron chi connectivity index (χ3n) is 4.06. The van der Waals surface area contributed by atoms with E-state index in [1.807, 2.05) is 0 Å². The average Bonchev–Trinajstić information content (AvgIpc) is 2.84. The van der Waals surface area contributed by atoms with Gasteiger partial charge in [0.05, 0.1) is 4.88 Å². The molecule has 18 heavy (non-hydrogen) atoms. The van der Waals surface area contributed by atoms with Crippen LogP contribution in [0.15, 0.2) is 6.07 Å². The third-order valence-corrected chi connectivity index (χ3v) is 5.64. The molecule has 1 aromatic heterocycles. The molecule has 0 spiro atoms. The fourth-order valence-corrected chi connectivity index (χ4v) is 4.41. The van der Waals surface area contributed by atoms with E-state index in [9.17, 15) is 4.79 Å². The molecule has 3 rings (SSSR count). The molecule has 0 saturated heterocycles. The number of halogens is 1. The Morgan fingerprint density at radius 3 is 2.83 bits per heavy atom. The summed E-state index contributed by atoms with van der Waals surface area (Å²) in [5, 5.41) is 0.875. The summed E-state index contributed by atoms with van der Waals surface area (Å²) in [7, 11) is 0. The lowest BCUT2D eigenvalue weighted by atomic mass is 9.91. The van der Waals surface area contributed by atoms with Gasteiger partial charge in [-0.25, -0.2) is 0 Å². The van der Waals surface area contributed by atoms with E-state index < -0.39 is 0 Å². The highest BCUT2D eigenvalue weighted by Crippen LogP contribution is 2.33. The number of carbonyl (C=O) groups is 1. The molecule has 1 fully saturated rings. The second-order valence-corrected chi connectivity index (χ2v) is 7.11. The summed E-state index contributed by atoms with van der Waals surface area (Å²) >= 11 is 5.20. The van der Waals surface area contributed by atoms with Gasteiger partial charge in [0.15, 0.2) is 0 Å². The maximum atomic E-state index is 12.6. The van der Waals surface area contributed by atoms with Crippen molar-refractivity contribution in [1.82, 2.24) is 4.90 Å². The molecule has 98 valence electrons. The quantitative estimate of drug-likeness (QED) is 0.773. The van der Waals surface area contributed by atoms with Crippen molar-refractivity contribution in [2.45, 2.75) is 44.6 Å². The standard InChI is InChI=1S/C14H18BrNOS/c15-7-8-16(11-4-2-5-11)14(17)13-9-10-3-1-6-12(10)18-13/h9,11H,1-8H2. The zero-order chi connectivity index (χ0) is 12.5. The molecular formula is C14H18BrNOS. The smallest absolute Gasteiger partial charge is 0.264 e. The van der Waals surface area contributed by atoms with Crippen molar-refractivity contribution in [2.75, 3.05) is 11.9 Å². The number of carbonyl (C=O) groups excluding carboxylic acids is 1. The monoisotopic (exact) mass is 327 g/mol. The van der Waals surface area contributed by atoms with Crippen LogP contribution in [0.3, 0.4) is 0 Å². The van der Waals surface area contributed by atoms with E-state index in [1.54, 1.807) is 11.3 Å². The number of alkyl halides is 1. The fraction of sp³-hybridized carbons (Fsp3) is 0.643. The molecule has 1 saturated carbocycles. The summed E-state index contributed by atoms with van der Waals surface area (Å²) in [6.07, 6.45) is 7.25. The molecule has 0 aromatic carbocycles. The van der Waals surface area contributed by atoms with Gasteiger partial charge in [-0.2, -0.15) is 0 Å². The number of rotatable bonds is 4. The summed E-state index contributed by atoms with van der Waals surface area (Å²) in [5.41, 5.74) is 1.43. The first-order valence-corrected chi connectivity index (χ1v) is 8.72. The molecule has 1 amide bonds. The van der Waals surface area contributed by atoms with Gasteiger partial charge in [-0.05, 0) is 50.2 Å². The van der Waals surface area contributed by atoms with Crippen LogP contribution in [0.4, 0.5) is 0 Å². The fourth-order valence-electron chi connectivity index (χ4n) is 2.82. The minimum Gasteiger partial charge on any atom is -0.334 e. The molecule has 0 radical (unpaired) electrons.